The molecule has 19 heavy (non-hydrogen) atoms. The molecule has 102 valence electrons. The van der Waals surface area contributed by atoms with Crippen molar-refractivity contribution < 1.29 is 4.79 Å². The third kappa shape index (κ3) is 4.97. The van der Waals surface area contributed by atoms with Crippen LogP contribution in [0.3, 0.4) is 0 Å². The lowest BCUT2D eigenvalue weighted by atomic mass is 10.2. The molecule has 0 atom stereocenters. The van der Waals surface area contributed by atoms with Crippen LogP contribution in [0.2, 0.25) is 0 Å². The van der Waals surface area contributed by atoms with Crippen LogP contribution in [0.25, 0.3) is 0 Å². The van der Waals surface area contributed by atoms with Crippen molar-refractivity contribution in [1.29, 1.82) is 0 Å². The molecular weight excluding hydrogens is 390 g/mol. The summed E-state index contributed by atoms with van der Waals surface area (Å²) in [4.78, 5) is 15.2. The molecule has 1 aromatic rings. The number of benzene rings is 1. The monoisotopic (exact) mass is 403 g/mol. The van der Waals surface area contributed by atoms with Crippen molar-refractivity contribution in [3.63, 3.8) is 0 Å². The number of carbonyl (C=O) groups is 1. The molecule has 1 aliphatic heterocycles. The summed E-state index contributed by atoms with van der Waals surface area (Å²) in [5, 5.41) is 0. The van der Waals surface area contributed by atoms with Gasteiger partial charge in [0.25, 0.3) is 0 Å². The number of carbonyl (C=O) groups excluding carboxylic acids is 1. The number of hydrogen-bond donors (Lipinski definition) is 0. The van der Waals surface area contributed by atoms with Crippen LogP contribution >= 0.6 is 43.6 Å². The Bertz CT molecular complexity index is 473. The van der Waals surface area contributed by atoms with E-state index in [1.807, 2.05) is 17.0 Å². The molecule has 0 aliphatic carbocycles. The van der Waals surface area contributed by atoms with Crippen molar-refractivity contribution in [1.82, 2.24) is 4.90 Å². The van der Waals surface area contributed by atoms with Crippen molar-refractivity contribution in [2.75, 3.05) is 18.8 Å². The van der Waals surface area contributed by atoms with E-state index < -0.39 is 0 Å². The number of nitrogens with zero attached hydrogens (tertiary/aromatic N) is 1. The molecule has 5 heteroatoms. The third-order valence-corrected chi connectivity index (χ3v) is 4.97. The van der Waals surface area contributed by atoms with E-state index in [1.165, 1.54) is 4.90 Å². The SMILES string of the molecule is O=C(CCSc1ccc(Br)cc1)N1CCC=C(Br)C1. The lowest BCUT2D eigenvalue weighted by Crippen LogP contribution is -2.35. The first kappa shape index (κ1) is 15.1. The first-order valence-corrected chi connectivity index (χ1v) is 8.73. The minimum absolute atomic E-state index is 0.245. The highest BCUT2D eigenvalue weighted by molar-refractivity contribution is 9.11. The zero-order valence-corrected chi connectivity index (χ0v) is 14.4. The zero-order chi connectivity index (χ0) is 13.7. The van der Waals surface area contributed by atoms with Crippen LogP contribution in [0.4, 0.5) is 0 Å². The summed E-state index contributed by atoms with van der Waals surface area (Å²) in [6.07, 6.45) is 3.69. The average Bonchev–Trinajstić information content (AvgIpc) is 2.41. The second-order valence-electron chi connectivity index (χ2n) is 4.31. The average molecular weight is 405 g/mol. The molecule has 0 N–H and O–H groups in total. The van der Waals surface area contributed by atoms with Crippen molar-refractivity contribution >= 4 is 49.5 Å². The fourth-order valence-corrected chi connectivity index (χ4v) is 3.50. The van der Waals surface area contributed by atoms with Gasteiger partial charge < -0.3 is 4.90 Å². The Morgan fingerprint density at radius 1 is 1.26 bits per heavy atom. The summed E-state index contributed by atoms with van der Waals surface area (Å²) in [5.41, 5.74) is 0. The molecule has 0 fully saturated rings. The first-order valence-electron chi connectivity index (χ1n) is 6.16. The summed E-state index contributed by atoms with van der Waals surface area (Å²) in [6, 6.07) is 8.19. The highest BCUT2D eigenvalue weighted by Crippen LogP contribution is 2.22. The number of rotatable bonds is 4. The molecule has 2 rings (SSSR count). The Morgan fingerprint density at radius 2 is 2.00 bits per heavy atom. The molecule has 0 aromatic heterocycles. The molecule has 0 bridgehead atoms. The van der Waals surface area contributed by atoms with Crippen molar-refractivity contribution in [2.24, 2.45) is 0 Å². The Morgan fingerprint density at radius 3 is 2.68 bits per heavy atom. The lowest BCUT2D eigenvalue weighted by molar-refractivity contribution is -0.130. The molecule has 0 unspecified atom stereocenters. The van der Waals surface area contributed by atoms with Gasteiger partial charge in [-0.05, 0) is 30.7 Å². The van der Waals surface area contributed by atoms with Crippen LogP contribution in [-0.2, 0) is 4.79 Å². The van der Waals surface area contributed by atoms with E-state index in [1.54, 1.807) is 11.8 Å². The fraction of sp³-hybridized carbons (Fsp3) is 0.357. The van der Waals surface area contributed by atoms with E-state index in [4.69, 9.17) is 0 Å². The quantitative estimate of drug-likeness (QED) is 0.691. The summed E-state index contributed by atoms with van der Waals surface area (Å²) in [6.45, 7) is 1.57. The van der Waals surface area contributed by atoms with Crippen LogP contribution in [-0.4, -0.2) is 29.6 Å². The molecular formula is C14H15Br2NOS. The van der Waals surface area contributed by atoms with E-state index in [-0.39, 0.29) is 5.91 Å². The molecule has 0 saturated heterocycles. The predicted octanol–water partition coefficient (Wildman–Crippen LogP) is 4.44. The molecule has 1 amide bonds. The van der Waals surface area contributed by atoms with Crippen molar-refractivity contribution in [3.8, 4) is 0 Å². The molecule has 0 saturated carbocycles. The Labute approximate surface area is 134 Å². The van der Waals surface area contributed by atoms with Gasteiger partial charge >= 0.3 is 0 Å². The number of amides is 1. The largest absolute Gasteiger partial charge is 0.338 e. The minimum atomic E-state index is 0.245. The molecule has 0 spiro atoms. The maximum atomic E-state index is 12.0. The van der Waals surface area contributed by atoms with E-state index in [0.717, 1.165) is 34.2 Å². The standard InChI is InChI=1S/C14H15Br2NOS/c15-11-3-5-13(6-4-11)19-9-7-14(18)17-8-1-2-12(16)10-17/h2-6H,1,7-10H2. The Hall–Kier alpha value is -0.260. The molecule has 1 aromatic carbocycles. The van der Waals surface area contributed by atoms with Crippen LogP contribution in [0, 0.1) is 0 Å². The first-order chi connectivity index (χ1) is 9.15. The van der Waals surface area contributed by atoms with Crippen LogP contribution in [0.15, 0.2) is 44.2 Å². The van der Waals surface area contributed by atoms with E-state index in [9.17, 15) is 4.79 Å². The predicted molar refractivity (Wildman–Crippen MR) is 87.7 cm³/mol. The topological polar surface area (TPSA) is 20.3 Å². The van der Waals surface area contributed by atoms with Gasteiger partial charge in [0.2, 0.25) is 5.91 Å². The number of hydrogen-bond acceptors (Lipinski definition) is 2. The fourth-order valence-electron chi connectivity index (χ4n) is 1.86. The van der Waals surface area contributed by atoms with Gasteiger partial charge in [-0.3, -0.25) is 4.79 Å². The summed E-state index contributed by atoms with van der Waals surface area (Å²) >= 11 is 8.61. The van der Waals surface area contributed by atoms with Gasteiger partial charge in [0.1, 0.15) is 0 Å². The maximum absolute atomic E-state index is 12.0. The van der Waals surface area contributed by atoms with E-state index in [0.29, 0.717) is 6.42 Å². The summed E-state index contributed by atoms with van der Waals surface area (Å²) in [5.74, 6) is 1.08. The second-order valence-corrected chi connectivity index (χ2v) is 7.41. The van der Waals surface area contributed by atoms with E-state index in [2.05, 4.69) is 50.1 Å². The van der Waals surface area contributed by atoms with Gasteiger partial charge in [0, 0.05) is 32.6 Å². The molecule has 2 nitrogen and oxygen atoms in total. The van der Waals surface area contributed by atoms with Gasteiger partial charge in [0.15, 0.2) is 0 Å². The smallest absolute Gasteiger partial charge is 0.223 e. The number of halogens is 2. The van der Waals surface area contributed by atoms with Crippen molar-refractivity contribution in [2.45, 2.75) is 17.7 Å². The summed E-state index contributed by atoms with van der Waals surface area (Å²) in [7, 11) is 0. The van der Waals surface area contributed by atoms with Crippen molar-refractivity contribution in [3.05, 3.63) is 39.3 Å². The van der Waals surface area contributed by atoms with Gasteiger partial charge in [-0.2, -0.15) is 0 Å². The molecule has 1 heterocycles. The lowest BCUT2D eigenvalue weighted by Gasteiger charge is -2.25. The maximum Gasteiger partial charge on any atom is 0.223 e. The highest BCUT2D eigenvalue weighted by Gasteiger charge is 2.16. The van der Waals surface area contributed by atoms with Crippen LogP contribution in [0.1, 0.15) is 12.8 Å². The van der Waals surface area contributed by atoms with E-state index >= 15 is 0 Å². The molecule has 0 radical (unpaired) electrons. The van der Waals surface area contributed by atoms with Gasteiger partial charge in [-0.1, -0.05) is 37.9 Å². The Kier molecular flexibility index (Phi) is 5.98. The number of thioether (sulfide) groups is 1. The zero-order valence-electron chi connectivity index (χ0n) is 10.4. The highest BCUT2D eigenvalue weighted by atomic mass is 79.9. The Balaban J connectivity index is 1.75. The minimum Gasteiger partial charge on any atom is -0.338 e. The second kappa shape index (κ2) is 7.50. The normalized spacial score (nSPS) is 15.3. The van der Waals surface area contributed by atoms with Gasteiger partial charge in [0.05, 0.1) is 6.54 Å². The third-order valence-electron chi connectivity index (χ3n) is 2.86. The van der Waals surface area contributed by atoms with Gasteiger partial charge in [-0.15, -0.1) is 11.8 Å². The van der Waals surface area contributed by atoms with Crippen LogP contribution in [0.5, 0.6) is 0 Å². The molecule has 1 aliphatic rings. The van der Waals surface area contributed by atoms with Gasteiger partial charge in [-0.25, -0.2) is 0 Å². The van der Waals surface area contributed by atoms with Crippen LogP contribution < -0.4 is 0 Å². The summed E-state index contributed by atoms with van der Waals surface area (Å²) < 4.78 is 2.20.